The molecule has 0 bridgehead atoms. The summed E-state index contributed by atoms with van der Waals surface area (Å²) < 4.78 is 0. The van der Waals surface area contributed by atoms with E-state index >= 15 is 0 Å². The predicted molar refractivity (Wildman–Crippen MR) is 59.4 cm³/mol. The van der Waals surface area contributed by atoms with Gasteiger partial charge in [-0.05, 0) is 12.0 Å². The van der Waals surface area contributed by atoms with Crippen LogP contribution in [-0.4, -0.2) is 6.21 Å². The molecule has 2 nitrogen and oxygen atoms in total. The first-order valence-electron chi connectivity index (χ1n) is 4.53. The van der Waals surface area contributed by atoms with Crippen LogP contribution in [-0.2, 0) is 0 Å². The third kappa shape index (κ3) is 60.2. The van der Waals surface area contributed by atoms with Crippen LogP contribution in [0.1, 0.15) is 41.0 Å². The minimum Gasteiger partial charge on any atom is -0.323 e. The van der Waals surface area contributed by atoms with Gasteiger partial charge in [-0.1, -0.05) is 47.6 Å². The fourth-order valence-electron chi connectivity index (χ4n) is 0.0609. The van der Waals surface area contributed by atoms with Gasteiger partial charge < -0.3 is 5.84 Å². The van der Waals surface area contributed by atoms with Gasteiger partial charge in [-0.15, -0.1) is 0 Å². The summed E-state index contributed by atoms with van der Waals surface area (Å²) >= 11 is 0. The number of hydrazone groups is 1. The Morgan fingerprint density at radius 2 is 1.75 bits per heavy atom. The minimum absolute atomic E-state index is 0.884. The van der Waals surface area contributed by atoms with Gasteiger partial charge in [0.2, 0.25) is 0 Å². The Labute approximate surface area is 77.6 Å². The largest absolute Gasteiger partial charge is 0.323 e. The zero-order chi connectivity index (χ0) is 10.4. The van der Waals surface area contributed by atoms with Gasteiger partial charge in [0.05, 0.1) is 0 Å². The molecule has 0 aromatic heterocycles. The van der Waals surface area contributed by atoms with Crippen molar-refractivity contribution >= 4 is 6.21 Å². The highest BCUT2D eigenvalue weighted by Gasteiger charge is 1.80. The lowest BCUT2D eigenvalue weighted by atomic mass is 10.2. The van der Waals surface area contributed by atoms with Gasteiger partial charge in [0.15, 0.2) is 0 Å². The van der Waals surface area contributed by atoms with Crippen molar-refractivity contribution in [3.63, 3.8) is 0 Å². The lowest BCUT2D eigenvalue weighted by Gasteiger charge is -1.90. The van der Waals surface area contributed by atoms with E-state index in [0.717, 1.165) is 5.92 Å². The fourth-order valence-corrected chi connectivity index (χ4v) is 0.0609. The second-order valence-electron chi connectivity index (χ2n) is 2.34. The average molecular weight is 172 g/mol. The molecule has 0 heterocycles. The first-order valence-corrected chi connectivity index (χ1v) is 4.53. The quantitative estimate of drug-likeness (QED) is 0.388. The molecule has 0 aromatic rings. The van der Waals surface area contributed by atoms with Crippen LogP contribution in [0.4, 0.5) is 0 Å². The molecule has 0 radical (unpaired) electrons. The molecule has 0 saturated heterocycles. The molecule has 0 aliphatic carbocycles. The summed E-state index contributed by atoms with van der Waals surface area (Å²) in [6, 6.07) is 0. The Hall–Kier alpha value is -0.790. The highest BCUT2D eigenvalue weighted by molar-refractivity contribution is 5.69. The van der Waals surface area contributed by atoms with Crippen LogP contribution >= 0.6 is 0 Å². The molecule has 2 N–H and O–H groups in total. The topological polar surface area (TPSA) is 38.4 Å². The van der Waals surface area contributed by atoms with Crippen LogP contribution in [0.15, 0.2) is 17.8 Å². The maximum absolute atomic E-state index is 4.64. The molecule has 0 aliphatic rings. The Bertz CT molecular complexity index is 85.8. The fraction of sp³-hybridized carbons (Fsp3) is 0.700. The Kier molecular flexibility index (Phi) is 32.4. The Morgan fingerprint density at radius 3 is 1.75 bits per heavy atom. The van der Waals surface area contributed by atoms with E-state index in [1.54, 1.807) is 0 Å². The summed E-state index contributed by atoms with van der Waals surface area (Å²) in [6.07, 6.45) is 4.24. The number of nitrogens with two attached hydrogens (primary N) is 1. The average Bonchev–Trinajstić information content (AvgIpc) is 2.10. The molecule has 0 saturated carbocycles. The van der Waals surface area contributed by atoms with E-state index in [1.165, 1.54) is 18.7 Å². The zero-order valence-electron chi connectivity index (χ0n) is 9.17. The van der Waals surface area contributed by atoms with Crippen molar-refractivity contribution in [1.82, 2.24) is 0 Å². The third-order valence-corrected chi connectivity index (χ3v) is 1.01. The molecule has 74 valence electrons. The van der Waals surface area contributed by atoms with Crippen LogP contribution in [0, 0.1) is 5.92 Å². The first kappa shape index (κ1) is 17.3. The summed E-state index contributed by atoms with van der Waals surface area (Å²) in [5.41, 5.74) is 0. The van der Waals surface area contributed by atoms with Gasteiger partial charge in [-0.25, -0.2) is 0 Å². The number of allylic oxidation sites excluding steroid dienone is 1. The SMILES string of the molecule is C=C/C=N\N.CC.CCC(C)C. The molecule has 0 aromatic carbocycles. The van der Waals surface area contributed by atoms with Crippen molar-refractivity contribution in [3.05, 3.63) is 12.7 Å². The lowest BCUT2D eigenvalue weighted by Crippen LogP contribution is -1.77. The standard InChI is InChI=1S/C5H12.C3H6N2.C2H6/c1-4-5(2)3;1-2-3-5-4;1-2/h5H,4H2,1-3H3;2-3H,1,4H2;1-2H3/b;5-3-;. The summed E-state index contributed by atoms with van der Waals surface area (Å²) in [7, 11) is 0. The van der Waals surface area contributed by atoms with Gasteiger partial charge in [-0.2, -0.15) is 5.10 Å². The zero-order valence-corrected chi connectivity index (χ0v) is 9.17. The van der Waals surface area contributed by atoms with Crippen molar-refractivity contribution < 1.29 is 0 Å². The maximum Gasteiger partial charge on any atom is 0.0459 e. The number of hydrogen-bond donors (Lipinski definition) is 1. The highest BCUT2D eigenvalue weighted by Crippen LogP contribution is 1.93. The summed E-state index contributed by atoms with van der Waals surface area (Å²) in [5.74, 6) is 5.52. The normalized spacial score (nSPS) is 8.17. The van der Waals surface area contributed by atoms with E-state index in [-0.39, 0.29) is 0 Å². The van der Waals surface area contributed by atoms with Crippen LogP contribution < -0.4 is 5.84 Å². The van der Waals surface area contributed by atoms with Crippen LogP contribution in [0.5, 0.6) is 0 Å². The first-order chi connectivity index (χ1) is 5.68. The van der Waals surface area contributed by atoms with Gasteiger partial charge in [0.25, 0.3) is 0 Å². The number of hydrogen-bond acceptors (Lipinski definition) is 2. The van der Waals surface area contributed by atoms with Crippen LogP contribution in [0.25, 0.3) is 0 Å². The molecule has 0 spiro atoms. The number of rotatable bonds is 2. The third-order valence-electron chi connectivity index (χ3n) is 1.01. The lowest BCUT2D eigenvalue weighted by molar-refractivity contribution is 0.626. The van der Waals surface area contributed by atoms with Gasteiger partial charge in [0, 0.05) is 6.21 Å². The molecule has 0 fully saturated rings. The Balaban J connectivity index is -0.000000112. The molecule has 0 rings (SSSR count). The van der Waals surface area contributed by atoms with Gasteiger partial charge in [-0.3, -0.25) is 0 Å². The second-order valence-corrected chi connectivity index (χ2v) is 2.34. The predicted octanol–water partition coefficient (Wildman–Crippen LogP) is 3.20. The van der Waals surface area contributed by atoms with Crippen molar-refractivity contribution in [3.8, 4) is 0 Å². The van der Waals surface area contributed by atoms with Crippen molar-refractivity contribution in [2.75, 3.05) is 0 Å². The Morgan fingerprint density at radius 1 is 1.42 bits per heavy atom. The summed E-state index contributed by atoms with van der Waals surface area (Å²) in [4.78, 5) is 0. The van der Waals surface area contributed by atoms with Crippen molar-refractivity contribution in [2.24, 2.45) is 16.9 Å². The van der Waals surface area contributed by atoms with Crippen molar-refractivity contribution in [2.45, 2.75) is 41.0 Å². The molecule has 0 aliphatic heterocycles. The molecule has 0 unspecified atom stereocenters. The smallest absolute Gasteiger partial charge is 0.0459 e. The molecular weight excluding hydrogens is 148 g/mol. The van der Waals surface area contributed by atoms with E-state index in [0.29, 0.717) is 0 Å². The molecule has 12 heavy (non-hydrogen) atoms. The summed E-state index contributed by atoms with van der Waals surface area (Å²) in [5, 5.41) is 3.11. The van der Waals surface area contributed by atoms with Crippen LogP contribution in [0.3, 0.4) is 0 Å². The maximum atomic E-state index is 4.64. The van der Waals surface area contributed by atoms with E-state index < -0.39 is 0 Å². The molecular formula is C10H24N2. The monoisotopic (exact) mass is 172 g/mol. The highest BCUT2D eigenvalue weighted by atomic mass is 15.1. The van der Waals surface area contributed by atoms with Gasteiger partial charge in [0.1, 0.15) is 0 Å². The van der Waals surface area contributed by atoms with E-state index in [2.05, 4.69) is 38.3 Å². The van der Waals surface area contributed by atoms with Crippen LogP contribution in [0.2, 0.25) is 0 Å². The molecule has 0 amide bonds. The molecule has 0 atom stereocenters. The van der Waals surface area contributed by atoms with Gasteiger partial charge >= 0.3 is 0 Å². The van der Waals surface area contributed by atoms with E-state index in [9.17, 15) is 0 Å². The minimum atomic E-state index is 0.884. The summed E-state index contributed by atoms with van der Waals surface area (Å²) in [6.45, 7) is 14.0. The van der Waals surface area contributed by atoms with E-state index in [1.807, 2.05) is 13.8 Å². The van der Waals surface area contributed by atoms with Crippen molar-refractivity contribution in [1.29, 1.82) is 0 Å². The molecule has 2 heteroatoms. The second kappa shape index (κ2) is 22.5. The van der Waals surface area contributed by atoms with E-state index in [4.69, 9.17) is 0 Å². The number of nitrogens with zero attached hydrogens (tertiary/aromatic N) is 1.